The molecule has 0 aliphatic heterocycles. The highest BCUT2D eigenvalue weighted by molar-refractivity contribution is 5.69. The van der Waals surface area contributed by atoms with Gasteiger partial charge in [0.05, 0.1) is 0 Å². The van der Waals surface area contributed by atoms with Crippen LogP contribution in [0.25, 0.3) is 0 Å². The third kappa shape index (κ3) is 7.53. The summed E-state index contributed by atoms with van der Waals surface area (Å²) in [4.78, 5) is 14.2. The van der Waals surface area contributed by atoms with Gasteiger partial charge >= 0.3 is 6.09 Å². The van der Waals surface area contributed by atoms with Crippen molar-refractivity contribution in [1.29, 1.82) is 0 Å². The number of nitrogens with one attached hydrogen (secondary N) is 1. The van der Waals surface area contributed by atoms with Crippen molar-refractivity contribution in [3.8, 4) is 0 Å². The van der Waals surface area contributed by atoms with Gasteiger partial charge in [-0.05, 0) is 66.2 Å². The minimum atomic E-state index is -0.466. The Labute approximate surface area is 142 Å². The van der Waals surface area contributed by atoms with E-state index in [0.29, 0.717) is 12.0 Å². The van der Waals surface area contributed by atoms with Crippen molar-refractivity contribution in [3.63, 3.8) is 0 Å². The van der Waals surface area contributed by atoms with Crippen LogP contribution in [-0.2, 0) is 9.47 Å². The van der Waals surface area contributed by atoms with Gasteiger partial charge in [-0.25, -0.2) is 4.79 Å². The molecule has 1 fully saturated rings. The van der Waals surface area contributed by atoms with Gasteiger partial charge in [-0.3, -0.25) is 0 Å². The van der Waals surface area contributed by atoms with Crippen LogP contribution >= 0.6 is 0 Å². The van der Waals surface area contributed by atoms with Crippen LogP contribution < -0.4 is 5.32 Å². The van der Waals surface area contributed by atoms with E-state index in [1.165, 1.54) is 12.8 Å². The lowest BCUT2D eigenvalue weighted by molar-refractivity contribution is 0.00658. The molecule has 0 radical (unpaired) electrons. The van der Waals surface area contributed by atoms with Crippen LogP contribution in [0.4, 0.5) is 4.79 Å². The number of amides is 1. The predicted molar refractivity (Wildman–Crippen MR) is 93.7 cm³/mol. The standard InChI is InChI=1S/C18H36N2O3/c1-16(2,3)20(15(21)23-17(4,5)6)12-11-19-14-18(8-9-18)10-13-22-7/h19H,8-14H2,1-7H3. The Hall–Kier alpha value is -0.810. The van der Waals surface area contributed by atoms with Crippen LogP contribution in [0.3, 0.4) is 0 Å². The first-order chi connectivity index (χ1) is 10.5. The summed E-state index contributed by atoms with van der Waals surface area (Å²) in [6, 6.07) is 0. The molecule has 0 aromatic rings. The fourth-order valence-corrected chi connectivity index (χ4v) is 2.57. The van der Waals surface area contributed by atoms with Crippen molar-refractivity contribution in [2.24, 2.45) is 5.41 Å². The summed E-state index contributed by atoms with van der Waals surface area (Å²) in [6.45, 7) is 15.1. The van der Waals surface area contributed by atoms with E-state index in [0.717, 1.165) is 26.1 Å². The lowest BCUT2D eigenvalue weighted by Crippen LogP contribution is -2.50. The maximum atomic E-state index is 12.4. The maximum absolute atomic E-state index is 12.4. The number of nitrogens with zero attached hydrogens (tertiary/aromatic N) is 1. The quantitative estimate of drug-likeness (QED) is 0.694. The molecule has 0 aromatic carbocycles. The monoisotopic (exact) mass is 328 g/mol. The van der Waals surface area contributed by atoms with Gasteiger partial charge in [0.25, 0.3) is 0 Å². The lowest BCUT2D eigenvalue weighted by Gasteiger charge is -2.37. The van der Waals surface area contributed by atoms with Gasteiger partial charge in [0.15, 0.2) is 0 Å². The maximum Gasteiger partial charge on any atom is 0.410 e. The van der Waals surface area contributed by atoms with Gasteiger partial charge < -0.3 is 19.7 Å². The molecular formula is C18H36N2O3. The fraction of sp³-hybridized carbons (Fsp3) is 0.944. The number of hydrogen-bond donors (Lipinski definition) is 1. The van der Waals surface area contributed by atoms with Gasteiger partial charge in [0.1, 0.15) is 5.60 Å². The minimum absolute atomic E-state index is 0.243. The SMILES string of the molecule is COCCC1(CNCCN(C(=O)OC(C)(C)C)C(C)(C)C)CC1. The van der Waals surface area contributed by atoms with Gasteiger partial charge in [0.2, 0.25) is 0 Å². The summed E-state index contributed by atoms with van der Waals surface area (Å²) in [7, 11) is 1.76. The molecule has 0 unspecified atom stereocenters. The molecule has 1 aliphatic carbocycles. The van der Waals surface area contributed by atoms with Crippen molar-refractivity contribution in [1.82, 2.24) is 10.2 Å². The summed E-state index contributed by atoms with van der Waals surface area (Å²) in [5, 5.41) is 3.51. The molecule has 0 saturated heterocycles. The highest BCUT2D eigenvalue weighted by Crippen LogP contribution is 2.48. The average molecular weight is 328 g/mol. The Balaban J connectivity index is 2.42. The summed E-state index contributed by atoms with van der Waals surface area (Å²) >= 11 is 0. The Bertz CT molecular complexity index is 379. The van der Waals surface area contributed by atoms with E-state index in [9.17, 15) is 4.79 Å². The second-order valence-electron chi connectivity index (χ2n) is 8.72. The second-order valence-corrected chi connectivity index (χ2v) is 8.72. The molecule has 1 aliphatic rings. The van der Waals surface area contributed by atoms with Crippen LogP contribution in [0.2, 0.25) is 0 Å². The number of ether oxygens (including phenoxy) is 2. The Morgan fingerprint density at radius 2 is 1.78 bits per heavy atom. The summed E-state index contributed by atoms with van der Waals surface area (Å²) < 4.78 is 10.7. The molecule has 1 N–H and O–H groups in total. The second kappa shape index (κ2) is 7.84. The third-order valence-electron chi connectivity index (χ3n) is 4.23. The molecule has 23 heavy (non-hydrogen) atoms. The number of methoxy groups -OCH3 is 1. The van der Waals surface area contributed by atoms with Crippen LogP contribution in [0.5, 0.6) is 0 Å². The summed E-state index contributed by atoms with van der Waals surface area (Å²) in [6.07, 6.45) is 3.43. The molecule has 1 amide bonds. The summed E-state index contributed by atoms with van der Waals surface area (Å²) in [5.41, 5.74) is -0.294. The van der Waals surface area contributed by atoms with Gasteiger partial charge in [-0.1, -0.05) is 0 Å². The number of hydrogen-bond acceptors (Lipinski definition) is 4. The van der Waals surface area contributed by atoms with Gasteiger partial charge in [-0.15, -0.1) is 0 Å². The molecule has 0 aromatic heterocycles. The van der Waals surface area contributed by atoms with Crippen molar-refractivity contribution in [3.05, 3.63) is 0 Å². The molecule has 1 rings (SSSR count). The van der Waals surface area contributed by atoms with Crippen molar-refractivity contribution < 1.29 is 14.3 Å². The number of rotatable bonds is 8. The topological polar surface area (TPSA) is 50.8 Å². The largest absolute Gasteiger partial charge is 0.444 e. The van der Waals surface area contributed by atoms with Crippen LogP contribution in [0.1, 0.15) is 60.8 Å². The van der Waals surface area contributed by atoms with E-state index >= 15 is 0 Å². The zero-order valence-electron chi connectivity index (χ0n) is 16.1. The van der Waals surface area contributed by atoms with E-state index in [1.807, 2.05) is 41.5 Å². The van der Waals surface area contributed by atoms with Crippen LogP contribution in [0.15, 0.2) is 0 Å². The zero-order chi connectivity index (χ0) is 17.7. The highest BCUT2D eigenvalue weighted by Gasteiger charge is 2.41. The Kier molecular flexibility index (Phi) is 6.90. The van der Waals surface area contributed by atoms with E-state index in [-0.39, 0.29) is 11.6 Å². The normalized spacial score (nSPS) is 17.0. The minimum Gasteiger partial charge on any atom is -0.444 e. The molecular weight excluding hydrogens is 292 g/mol. The third-order valence-corrected chi connectivity index (χ3v) is 4.23. The number of carbonyl (C=O) groups excluding carboxylic acids is 1. The molecule has 0 atom stereocenters. The molecule has 0 spiro atoms. The number of carbonyl (C=O) groups is 1. The van der Waals surface area contributed by atoms with Crippen LogP contribution in [0, 0.1) is 5.41 Å². The van der Waals surface area contributed by atoms with E-state index in [1.54, 1.807) is 12.0 Å². The first-order valence-electron chi connectivity index (χ1n) is 8.69. The van der Waals surface area contributed by atoms with Gasteiger partial charge in [0, 0.05) is 38.9 Å². The van der Waals surface area contributed by atoms with Gasteiger partial charge in [-0.2, -0.15) is 0 Å². The average Bonchev–Trinajstić information content (AvgIpc) is 3.13. The Morgan fingerprint density at radius 1 is 1.17 bits per heavy atom. The molecule has 5 nitrogen and oxygen atoms in total. The lowest BCUT2D eigenvalue weighted by atomic mass is 10.0. The fourth-order valence-electron chi connectivity index (χ4n) is 2.57. The first kappa shape index (κ1) is 20.2. The predicted octanol–water partition coefficient (Wildman–Crippen LogP) is 3.43. The highest BCUT2D eigenvalue weighted by atomic mass is 16.6. The smallest absolute Gasteiger partial charge is 0.410 e. The van der Waals surface area contributed by atoms with E-state index in [2.05, 4.69) is 5.32 Å². The van der Waals surface area contributed by atoms with Crippen LogP contribution in [-0.4, -0.2) is 55.5 Å². The molecule has 0 bridgehead atoms. The molecule has 0 heterocycles. The van der Waals surface area contributed by atoms with E-state index < -0.39 is 5.60 Å². The summed E-state index contributed by atoms with van der Waals surface area (Å²) in [5.74, 6) is 0. The zero-order valence-corrected chi connectivity index (χ0v) is 16.1. The van der Waals surface area contributed by atoms with E-state index in [4.69, 9.17) is 9.47 Å². The first-order valence-corrected chi connectivity index (χ1v) is 8.69. The van der Waals surface area contributed by atoms with Crippen molar-refractivity contribution in [2.45, 2.75) is 71.9 Å². The molecule has 5 heteroatoms. The Morgan fingerprint density at radius 3 is 2.22 bits per heavy atom. The van der Waals surface area contributed by atoms with Crippen molar-refractivity contribution in [2.75, 3.05) is 33.4 Å². The molecule has 1 saturated carbocycles. The molecule has 136 valence electrons. The van der Waals surface area contributed by atoms with Crippen molar-refractivity contribution >= 4 is 6.09 Å².